The van der Waals surface area contributed by atoms with E-state index in [0.717, 1.165) is 37.9 Å². The van der Waals surface area contributed by atoms with Crippen LogP contribution in [0.1, 0.15) is 12.8 Å². The number of rotatable bonds is 4. The van der Waals surface area contributed by atoms with Crippen molar-refractivity contribution >= 4 is 17.8 Å². The highest BCUT2D eigenvalue weighted by Gasteiger charge is 2.20. The predicted octanol–water partition coefficient (Wildman–Crippen LogP) is 2.03. The number of piperidine rings is 1. The number of aromatic hydroxyl groups is 1. The van der Waals surface area contributed by atoms with E-state index in [1.807, 2.05) is 12.3 Å². The maximum absolute atomic E-state index is 10.9. The lowest BCUT2D eigenvalue weighted by atomic mass is 9.98. The van der Waals surface area contributed by atoms with E-state index in [2.05, 4.69) is 20.2 Å². The summed E-state index contributed by atoms with van der Waals surface area (Å²) in [5, 5.41) is 22.6. The number of hydrogen-bond donors (Lipinski definition) is 2. The van der Waals surface area contributed by atoms with E-state index < -0.39 is 0 Å². The van der Waals surface area contributed by atoms with Crippen LogP contribution in [-0.2, 0) is 4.79 Å². The summed E-state index contributed by atoms with van der Waals surface area (Å²) >= 11 is 0. The summed E-state index contributed by atoms with van der Waals surface area (Å²) in [6.45, 7) is 1.64. The fourth-order valence-electron chi connectivity index (χ4n) is 3.30. The Kier molecular flexibility index (Phi) is 4.45. The molecular formula is C19H20N6O2. The molecule has 1 saturated heterocycles. The number of para-hydroxylation sites is 1. The van der Waals surface area contributed by atoms with Crippen molar-refractivity contribution in [1.29, 1.82) is 0 Å². The van der Waals surface area contributed by atoms with Crippen molar-refractivity contribution in [2.75, 3.05) is 23.7 Å². The summed E-state index contributed by atoms with van der Waals surface area (Å²) in [6, 6.07) is 8.69. The molecule has 0 spiro atoms. The average Bonchev–Trinajstić information content (AvgIpc) is 3.19. The molecule has 1 fully saturated rings. The highest BCUT2D eigenvalue weighted by atomic mass is 16.3. The topological polar surface area (TPSA) is 110 Å². The summed E-state index contributed by atoms with van der Waals surface area (Å²) in [6.07, 6.45) is 6.42. The summed E-state index contributed by atoms with van der Waals surface area (Å²) in [7, 11) is 0. The molecule has 0 saturated carbocycles. The molecule has 2 aromatic heterocycles. The number of nitrogens with two attached hydrogens (primary N) is 1. The Bertz CT molecular complexity index is 962. The van der Waals surface area contributed by atoms with Crippen molar-refractivity contribution in [2.24, 2.45) is 5.92 Å². The first kappa shape index (κ1) is 17.0. The molecule has 8 nitrogen and oxygen atoms in total. The van der Waals surface area contributed by atoms with Crippen LogP contribution in [0, 0.1) is 5.92 Å². The van der Waals surface area contributed by atoms with Gasteiger partial charge in [-0.1, -0.05) is 12.1 Å². The Hall–Kier alpha value is -3.42. The van der Waals surface area contributed by atoms with E-state index >= 15 is 0 Å². The lowest BCUT2D eigenvalue weighted by Gasteiger charge is -2.30. The summed E-state index contributed by atoms with van der Waals surface area (Å²) in [4.78, 5) is 13.1. The molecule has 0 aliphatic carbocycles. The van der Waals surface area contributed by atoms with Crippen molar-refractivity contribution in [3.05, 3.63) is 42.7 Å². The van der Waals surface area contributed by atoms with E-state index in [4.69, 9.17) is 5.73 Å². The molecule has 0 bridgehead atoms. The van der Waals surface area contributed by atoms with Crippen LogP contribution in [0.3, 0.4) is 0 Å². The standard InChI is InChI=1S/C19H20N6O2/c20-19-17(9-16(22-23-19)15-3-1-2-4-18(15)27)25-11-14(10-21-25)24-7-5-13(12-26)6-8-24/h1-4,9-13,27H,5-8H2,(H2,20,23). The molecule has 8 heteroatoms. The van der Waals surface area contributed by atoms with Crippen molar-refractivity contribution < 1.29 is 9.90 Å². The van der Waals surface area contributed by atoms with Crippen LogP contribution >= 0.6 is 0 Å². The second kappa shape index (κ2) is 7.06. The number of benzene rings is 1. The SMILES string of the molecule is Nc1nnc(-c2ccccc2O)cc1-n1cc(N2CCC(C=O)CC2)cn1. The number of phenols is 1. The van der Waals surface area contributed by atoms with Gasteiger partial charge in [-0.2, -0.15) is 5.10 Å². The number of hydrogen-bond acceptors (Lipinski definition) is 7. The maximum Gasteiger partial charge on any atom is 0.172 e. The van der Waals surface area contributed by atoms with Crippen molar-refractivity contribution in [3.63, 3.8) is 0 Å². The molecule has 4 rings (SSSR count). The zero-order valence-electron chi connectivity index (χ0n) is 14.7. The molecule has 27 heavy (non-hydrogen) atoms. The number of carbonyl (C=O) groups is 1. The molecular weight excluding hydrogens is 344 g/mol. The van der Waals surface area contributed by atoms with E-state index in [1.54, 1.807) is 35.1 Å². The van der Waals surface area contributed by atoms with Gasteiger partial charge in [0.25, 0.3) is 0 Å². The number of aldehydes is 1. The Morgan fingerprint density at radius 1 is 1.19 bits per heavy atom. The first-order valence-electron chi connectivity index (χ1n) is 8.82. The number of nitrogens with zero attached hydrogens (tertiary/aromatic N) is 5. The summed E-state index contributed by atoms with van der Waals surface area (Å²) in [5.74, 6) is 0.530. The van der Waals surface area contributed by atoms with Gasteiger partial charge in [0.15, 0.2) is 5.82 Å². The van der Waals surface area contributed by atoms with Gasteiger partial charge in [-0.25, -0.2) is 4.68 Å². The predicted molar refractivity (Wildman–Crippen MR) is 102 cm³/mol. The number of aromatic nitrogens is 4. The fraction of sp³-hybridized carbons (Fsp3) is 0.263. The Labute approximate surface area is 156 Å². The zero-order chi connectivity index (χ0) is 18.8. The third-order valence-corrected chi connectivity index (χ3v) is 4.89. The molecule has 0 radical (unpaired) electrons. The summed E-state index contributed by atoms with van der Waals surface area (Å²) < 4.78 is 1.66. The quantitative estimate of drug-likeness (QED) is 0.682. The normalized spacial score (nSPS) is 15.0. The highest BCUT2D eigenvalue weighted by molar-refractivity contribution is 5.70. The molecule has 3 N–H and O–H groups in total. The maximum atomic E-state index is 10.9. The largest absolute Gasteiger partial charge is 0.507 e. The minimum absolute atomic E-state index is 0.127. The fourth-order valence-corrected chi connectivity index (χ4v) is 3.30. The van der Waals surface area contributed by atoms with Gasteiger partial charge in [-0.3, -0.25) is 0 Å². The smallest absolute Gasteiger partial charge is 0.172 e. The zero-order valence-corrected chi connectivity index (χ0v) is 14.7. The van der Waals surface area contributed by atoms with E-state index in [1.165, 1.54) is 0 Å². The van der Waals surface area contributed by atoms with E-state index in [0.29, 0.717) is 16.9 Å². The van der Waals surface area contributed by atoms with Gasteiger partial charge in [0.1, 0.15) is 17.7 Å². The number of anilines is 2. The molecule has 3 aromatic rings. The second-order valence-electron chi connectivity index (χ2n) is 6.62. The Morgan fingerprint density at radius 3 is 2.70 bits per heavy atom. The van der Waals surface area contributed by atoms with Gasteiger partial charge < -0.3 is 20.5 Å². The highest BCUT2D eigenvalue weighted by Crippen LogP contribution is 2.30. The monoisotopic (exact) mass is 364 g/mol. The van der Waals surface area contributed by atoms with Gasteiger partial charge in [-0.15, -0.1) is 10.2 Å². The Balaban J connectivity index is 1.63. The first-order chi connectivity index (χ1) is 13.2. The van der Waals surface area contributed by atoms with Crippen LogP contribution in [0.25, 0.3) is 16.9 Å². The lowest BCUT2D eigenvalue weighted by molar-refractivity contribution is -0.111. The average molecular weight is 364 g/mol. The van der Waals surface area contributed by atoms with E-state index in [-0.39, 0.29) is 17.5 Å². The van der Waals surface area contributed by atoms with Crippen LogP contribution in [0.2, 0.25) is 0 Å². The van der Waals surface area contributed by atoms with Crippen molar-refractivity contribution in [1.82, 2.24) is 20.0 Å². The van der Waals surface area contributed by atoms with Crippen molar-refractivity contribution in [3.8, 4) is 22.7 Å². The van der Waals surface area contributed by atoms with Gasteiger partial charge in [-0.05, 0) is 31.0 Å². The second-order valence-corrected chi connectivity index (χ2v) is 6.62. The molecule has 3 heterocycles. The lowest BCUT2D eigenvalue weighted by Crippen LogP contribution is -2.33. The van der Waals surface area contributed by atoms with Gasteiger partial charge in [0.2, 0.25) is 0 Å². The van der Waals surface area contributed by atoms with Gasteiger partial charge >= 0.3 is 0 Å². The molecule has 0 amide bonds. The third kappa shape index (κ3) is 3.33. The molecule has 1 aliphatic rings. The van der Waals surface area contributed by atoms with Crippen molar-refractivity contribution in [2.45, 2.75) is 12.8 Å². The van der Waals surface area contributed by atoms with Crippen LogP contribution in [0.4, 0.5) is 11.5 Å². The number of nitrogen functional groups attached to an aromatic ring is 1. The molecule has 1 aromatic carbocycles. The van der Waals surface area contributed by atoms with Crippen LogP contribution in [-0.4, -0.2) is 44.5 Å². The minimum Gasteiger partial charge on any atom is -0.507 e. The molecule has 0 unspecified atom stereocenters. The molecule has 138 valence electrons. The van der Waals surface area contributed by atoms with Gasteiger partial charge in [0, 0.05) is 24.6 Å². The first-order valence-corrected chi connectivity index (χ1v) is 8.82. The number of carbonyl (C=O) groups excluding carboxylic acids is 1. The van der Waals surface area contributed by atoms with Gasteiger partial charge in [0.05, 0.1) is 23.8 Å². The van der Waals surface area contributed by atoms with Crippen LogP contribution in [0.15, 0.2) is 42.7 Å². The Morgan fingerprint density at radius 2 is 1.96 bits per heavy atom. The van der Waals surface area contributed by atoms with E-state index in [9.17, 15) is 9.90 Å². The van der Waals surface area contributed by atoms with Crippen LogP contribution < -0.4 is 10.6 Å². The molecule has 1 aliphatic heterocycles. The number of phenolic OH excluding ortho intramolecular Hbond substituents is 1. The third-order valence-electron chi connectivity index (χ3n) is 4.89. The molecule has 0 atom stereocenters. The summed E-state index contributed by atoms with van der Waals surface area (Å²) in [5.41, 5.74) is 8.67. The minimum atomic E-state index is 0.127. The van der Waals surface area contributed by atoms with Crippen LogP contribution in [0.5, 0.6) is 5.75 Å².